The molecule has 0 aromatic carbocycles. The van der Waals surface area contributed by atoms with Crippen molar-refractivity contribution >= 4 is 0 Å². The van der Waals surface area contributed by atoms with Crippen molar-refractivity contribution in [1.82, 2.24) is 9.97 Å². The molecule has 0 saturated carbocycles. The van der Waals surface area contributed by atoms with Crippen LogP contribution in [0, 0.1) is 0 Å². The maximum Gasteiger partial charge on any atom is 0.128 e. The first-order valence-electron chi connectivity index (χ1n) is 4.34. The van der Waals surface area contributed by atoms with Gasteiger partial charge in [0.05, 0.1) is 24.8 Å². The molecule has 0 radical (unpaired) electrons. The molecule has 6 nitrogen and oxygen atoms in total. The van der Waals surface area contributed by atoms with Crippen molar-refractivity contribution in [3.8, 4) is 0 Å². The van der Waals surface area contributed by atoms with Gasteiger partial charge in [-0.2, -0.15) is 0 Å². The van der Waals surface area contributed by atoms with Gasteiger partial charge >= 0.3 is 0 Å². The number of nitrogens with zero attached hydrogens (tertiary/aromatic N) is 1. The molecule has 4 atom stereocenters. The molecular weight excluding hydrogens is 188 g/mol. The zero-order chi connectivity index (χ0) is 10.1. The summed E-state index contributed by atoms with van der Waals surface area (Å²) < 4.78 is 5.26. The number of ether oxygens (including phenoxy) is 1. The summed E-state index contributed by atoms with van der Waals surface area (Å²) >= 11 is 0. The topological polar surface area (TPSA) is 98.6 Å². The van der Waals surface area contributed by atoms with Crippen LogP contribution in [0.1, 0.15) is 11.8 Å². The number of hydrogen-bond acceptors (Lipinski definition) is 5. The van der Waals surface area contributed by atoms with Crippen molar-refractivity contribution in [3.63, 3.8) is 0 Å². The van der Waals surface area contributed by atoms with E-state index in [1.165, 1.54) is 12.5 Å². The minimum absolute atomic E-state index is 0.317. The second-order valence-electron chi connectivity index (χ2n) is 3.27. The van der Waals surface area contributed by atoms with Gasteiger partial charge in [-0.25, -0.2) is 4.98 Å². The molecule has 14 heavy (non-hydrogen) atoms. The van der Waals surface area contributed by atoms with E-state index in [2.05, 4.69) is 9.97 Å². The van der Waals surface area contributed by atoms with E-state index in [4.69, 9.17) is 9.84 Å². The van der Waals surface area contributed by atoms with Crippen LogP contribution in [0.2, 0.25) is 0 Å². The molecule has 4 N–H and O–H groups in total. The van der Waals surface area contributed by atoms with E-state index in [0.717, 1.165) is 0 Å². The number of aromatic amines is 1. The van der Waals surface area contributed by atoms with E-state index in [1.807, 2.05) is 0 Å². The van der Waals surface area contributed by atoms with Gasteiger partial charge in [-0.05, 0) is 0 Å². The predicted molar refractivity (Wildman–Crippen MR) is 45.3 cm³/mol. The molecule has 2 rings (SSSR count). The average molecular weight is 200 g/mol. The molecule has 0 bridgehead atoms. The van der Waals surface area contributed by atoms with Crippen LogP contribution in [0.4, 0.5) is 0 Å². The van der Waals surface area contributed by atoms with Crippen LogP contribution in [0.25, 0.3) is 0 Å². The molecule has 1 aliphatic heterocycles. The van der Waals surface area contributed by atoms with E-state index in [0.29, 0.717) is 5.69 Å². The molecule has 1 fully saturated rings. The number of aliphatic hydroxyl groups is 3. The molecule has 0 aliphatic carbocycles. The fourth-order valence-corrected chi connectivity index (χ4v) is 1.58. The lowest BCUT2D eigenvalue weighted by Crippen LogP contribution is -2.32. The normalized spacial score (nSPS) is 37.6. The molecule has 0 spiro atoms. The first-order valence-corrected chi connectivity index (χ1v) is 4.34. The van der Waals surface area contributed by atoms with Crippen LogP contribution in [0.3, 0.4) is 0 Å². The zero-order valence-corrected chi connectivity index (χ0v) is 7.37. The lowest BCUT2D eigenvalue weighted by atomic mass is 10.1. The van der Waals surface area contributed by atoms with E-state index < -0.39 is 24.4 Å². The highest BCUT2D eigenvalue weighted by Gasteiger charge is 2.43. The molecule has 0 unspecified atom stereocenters. The molecular formula is C8H12N2O4. The van der Waals surface area contributed by atoms with Crippen molar-refractivity contribution in [3.05, 3.63) is 18.2 Å². The summed E-state index contributed by atoms with van der Waals surface area (Å²) in [6, 6.07) is 0. The van der Waals surface area contributed by atoms with Gasteiger partial charge in [0, 0.05) is 0 Å². The Hall–Kier alpha value is -0.950. The van der Waals surface area contributed by atoms with Gasteiger partial charge in [0.2, 0.25) is 0 Å². The van der Waals surface area contributed by atoms with E-state index in [-0.39, 0.29) is 6.61 Å². The Kier molecular flexibility index (Phi) is 2.51. The van der Waals surface area contributed by atoms with Crippen LogP contribution in [-0.2, 0) is 4.74 Å². The third kappa shape index (κ3) is 1.42. The Morgan fingerprint density at radius 3 is 2.71 bits per heavy atom. The van der Waals surface area contributed by atoms with Gasteiger partial charge in [-0.3, -0.25) is 0 Å². The highest BCUT2D eigenvalue weighted by atomic mass is 16.6. The Balaban J connectivity index is 2.16. The Morgan fingerprint density at radius 2 is 2.21 bits per heavy atom. The minimum Gasteiger partial charge on any atom is -0.394 e. The molecule has 1 aliphatic rings. The van der Waals surface area contributed by atoms with Crippen LogP contribution < -0.4 is 0 Å². The van der Waals surface area contributed by atoms with Gasteiger partial charge < -0.3 is 25.0 Å². The van der Waals surface area contributed by atoms with Crippen molar-refractivity contribution < 1.29 is 20.1 Å². The number of rotatable bonds is 2. The monoisotopic (exact) mass is 200 g/mol. The number of H-pyrrole nitrogens is 1. The SMILES string of the molecule is OC[C@H]1O[C@H](c2cnc[nH]2)[C@H](O)[C@H]1O. The van der Waals surface area contributed by atoms with Gasteiger partial charge in [-0.15, -0.1) is 0 Å². The number of aliphatic hydroxyl groups excluding tert-OH is 3. The predicted octanol–water partition coefficient (Wildman–Crippen LogP) is -1.44. The molecule has 1 aromatic heterocycles. The van der Waals surface area contributed by atoms with Crippen molar-refractivity contribution in [1.29, 1.82) is 0 Å². The Labute approximate surface area is 80.2 Å². The second-order valence-corrected chi connectivity index (χ2v) is 3.27. The van der Waals surface area contributed by atoms with E-state index >= 15 is 0 Å². The van der Waals surface area contributed by atoms with Crippen molar-refractivity contribution in [2.24, 2.45) is 0 Å². The summed E-state index contributed by atoms with van der Waals surface area (Å²) in [4.78, 5) is 6.57. The largest absolute Gasteiger partial charge is 0.394 e. The summed E-state index contributed by atoms with van der Waals surface area (Å²) in [5.41, 5.74) is 0.590. The Bertz CT molecular complexity index is 290. The molecule has 6 heteroatoms. The van der Waals surface area contributed by atoms with Crippen LogP contribution in [0.15, 0.2) is 12.5 Å². The lowest BCUT2D eigenvalue weighted by Gasteiger charge is -2.11. The van der Waals surface area contributed by atoms with Crippen LogP contribution >= 0.6 is 0 Å². The van der Waals surface area contributed by atoms with Crippen molar-refractivity contribution in [2.45, 2.75) is 24.4 Å². The maximum absolute atomic E-state index is 9.60. The average Bonchev–Trinajstić information content (AvgIpc) is 2.78. The maximum atomic E-state index is 9.60. The molecule has 1 saturated heterocycles. The molecule has 1 aromatic rings. The Morgan fingerprint density at radius 1 is 1.43 bits per heavy atom. The first-order chi connectivity index (χ1) is 6.74. The summed E-state index contributed by atoms with van der Waals surface area (Å²) in [6.07, 6.45) is -0.506. The number of hydrogen-bond donors (Lipinski definition) is 4. The summed E-state index contributed by atoms with van der Waals surface area (Å²) in [6.45, 7) is -0.317. The molecule has 78 valence electrons. The number of nitrogens with one attached hydrogen (secondary N) is 1. The minimum atomic E-state index is -1.06. The van der Waals surface area contributed by atoms with Crippen molar-refractivity contribution in [2.75, 3.05) is 6.61 Å². The number of imidazole rings is 1. The summed E-state index contributed by atoms with van der Waals surface area (Å²) in [5, 5.41) is 27.9. The quantitative estimate of drug-likeness (QED) is 0.469. The number of aromatic nitrogens is 2. The van der Waals surface area contributed by atoms with Gasteiger partial charge in [0.15, 0.2) is 0 Å². The molecule has 2 heterocycles. The smallest absolute Gasteiger partial charge is 0.128 e. The van der Waals surface area contributed by atoms with E-state index in [1.54, 1.807) is 0 Å². The standard InChI is InChI=1S/C8H12N2O4/c11-2-5-6(12)7(13)8(14-5)4-1-9-3-10-4/h1,3,5-8,11-13H,2H2,(H,9,10)/t5-,6+,7-,8-/m1/s1. The van der Waals surface area contributed by atoms with Crippen LogP contribution in [-0.4, -0.2) is 50.2 Å². The highest BCUT2D eigenvalue weighted by Crippen LogP contribution is 2.31. The van der Waals surface area contributed by atoms with Gasteiger partial charge in [0.1, 0.15) is 24.4 Å². The van der Waals surface area contributed by atoms with Gasteiger partial charge in [0.25, 0.3) is 0 Å². The first kappa shape index (κ1) is 9.60. The fourth-order valence-electron chi connectivity index (χ4n) is 1.58. The van der Waals surface area contributed by atoms with Crippen LogP contribution in [0.5, 0.6) is 0 Å². The second kappa shape index (κ2) is 3.66. The van der Waals surface area contributed by atoms with E-state index in [9.17, 15) is 10.2 Å². The zero-order valence-electron chi connectivity index (χ0n) is 7.37. The third-order valence-electron chi connectivity index (χ3n) is 2.37. The summed E-state index contributed by atoms with van der Waals surface area (Å²) in [7, 11) is 0. The fraction of sp³-hybridized carbons (Fsp3) is 0.625. The molecule has 0 amide bonds. The lowest BCUT2D eigenvalue weighted by molar-refractivity contribution is -0.0238. The van der Waals surface area contributed by atoms with Gasteiger partial charge in [-0.1, -0.05) is 0 Å². The summed E-state index contributed by atoms with van der Waals surface area (Å²) in [5.74, 6) is 0. The third-order valence-corrected chi connectivity index (χ3v) is 2.37. The highest BCUT2D eigenvalue weighted by molar-refractivity contribution is 5.07.